The van der Waals surface area contributed by atoms with Crippen LogP contribution in [-0.4, -0.2) is 88.6 Å². The van der Waals surface area contributed by atoms with E-state index < -0.39 is 17.9 Å². The Labute approximate surface area is 339 Å². The molecule has 0 bridgehead atoms. The molecule has 0 atom stereocenters. The molecule has 7 aromatic rings. The number of azo groups is 2. The molecule has 0 amide bonds. The van der Waals surface area contributed by atoms with E-state index >= 15 is 0 Å². The Bertz CT molecular complexity index is 3110. The second-order valence-corrected chi connectivity index (χ2v) is 12.5. The Morgan fingerprint density at radius 3 is 1.72 bits per heavy atom. The van der Waals surface area contributed by atoms with Crippen molar-refractivity contribution in [3.63, 3.8) is 0 Å². The normalized spacial score (nSPS) is 11.2. The number of nitrogens with two attached hydrogens (primary N) is 2. The van der Waals surface area contributed by atoms with Crippen molar-refractivity contribution in [1.82, 2.24) is 49.1 Å². The van der Waals surface area contributed by atoms with Crippen LogP contribution in [0.5, 0.6) is 0 Å². The molecule has 0 saturated carbocycles. The zero-order valence-electron chi connectivity index (χ0n) is 31.1. The highest BCUT2D eigenvalue weighted by molar-refractivity contribution is 5.95. The number of aldehydes is 1. The van der Waals surface area contributed by atoms with Crippen molar-refractivity contribution >= 4 is 64.5 Å². The SMILES string of the molecule is [C-]#[N+]c1cnn(-c2cc(C(=O)O)cc(C(=O)O)c2)c1/N=N/c1c(C)nn(-c2cc(-n3nc(C)c(/N=N/c4c(C#N)cnn4-c4cc(C=O)cc(C(=O)O)c4)c3N)ncn2)c1N. The van der Waals surface area contributed by atoms with Crippen LogP contribution < -0.4 is 11.5 Å². The smallest absolute Gasteiger partial charge is 0.335 e. The van der Waals surface area contributed by atoms with Gasteiger partial charge in [0.1, 0.15) is 24.2 Å². The Hall–Kier alpha value is -9.78. The van der Waals surface area contributed by atoms with Crippen LogP contribution in [0, 0.1) is 31.8 Å². The number of aromatic carboxylic acids is 3. The van der Waals surface area contributed by atoms with Crippen LogP contribution in [0.3, 0.4) is 0 Å². The summed E-state index contributed by atoms with van der Waals surface area (Å²) < 4.78 is 4.67. The lowest BCUT2D eigenvalue weighted by molar-refractivity contribution is 0.0682. The minimum atomic E-state index is -1.39. The highest BCUT2D eigenvalue weighted by Gasteiger charge is 2.22. The van der Waals surface area contributed by atoms with Gasteiger partial charge in [0.05, 0.1) is 58.4 Å². The van der Waals surface area contributed by atoms with Crippen molar-refractivity contribution in [2.75, 3.05) is 11.5 Å². The van der Waals surface area contributed by atoms with E-state index in [4.69, 9.17) is 18.0 Å². The van der Waals surface area contributed by atoms with E-state index in [2.05, 4.69) is 55.7 Å². The van der Waals surface area contributed by atoms with E-state index in [9.17, 15) is 39.8 Å². The lowest BCUT2D eigenvalue weighted by Gasteiger charge is -2.08. The number of rotatable bonds is 12. The van der Waals surface area contributed by atoms with Gasteiger partial charge in [-0.15, -0.1) is 20.5 Å². The fraction of sp³-hybridized carbons (Fsp3) is 0.0556. The average molecular weight is 821 g/mol. The zero-order chi connectivity index (χ0) is 43.7. The zero-order valence-corrected chi connectivity index (χ0v) is 31.1. The quantitative estimate of drug-likeness (QED) is 0.0603. The molecule has 25 nitrogen and oxygen atoms in total. The number of carbonyl (C=O) groups is 4. The summed E-state index contributed by atoms with van der Waals surface area (Å²) in [5.41, 5.74) is 12.8. The van der Waals surface area contributed by atoms with E-state index in [1.165, 1.54) is 46.2 Å². The van der Waals surface area contributed by atoms with Crippen molar-refractivity contribution < 1.29 is 34.5 Å². The molecule has 0 aliphatic rings. The van der Waals surface area contributed by atoms with Gasteiger partial charge >= 0.3 is 17.9 Å². The Morgan fingerprint density at radius 1 is 0.721 bits per heavy atom. The molecule has 300 valence electrons. The third-order valence-electron chi connectivity index (χ3n) is 8.62. The fourth-order valence-corrected chi connectivity index (χ4v) is 5.76. The maximum absolute atomic E-state index is 11.7. The van der Waals surface area contributed by atoms with E-state index in [1.807, 2.05) is 6.07 Å². The summed E-state index contributed by atoms with van der Waals surface area (Å²) >= 11 is 0. The van der Waals surface area contributed by atoms with E-state index in [1.54, 1.807) is 13.8 Å². The predicted octanol–water partition coefficient (Wildman–Crippen LogP) is 5.16. The number of hydrogen-bond donors (Lipinski definition) is 5. The first-order chi connectivity index (χ1) is 29.2. The molecule has 5 aromatic heterocycles. The molecule has 7 N–H and O–H groups in total. The molecule has 0 saturated heterocycles. The van der Waals surface area contributed by atoms with Gasteiger partial charge in [0.2, 0.25) is 0 Å². The number of nitriles is 1. The monoisotopic (exact) mass is 820 g/mol. The van der Waals surface area contributed by atoms with Crippen LogP contribution in [0.4, 0.5) is 40.3 Å². The first kappa shape index (κ1) is 39.5. The second kappa shape index (κ2) is 15.6. The summed E-state index contributed by atoms with van der Waals surface area (Å²) in [6, 6.07) is 10.5. The first-order valence-corrected chi connectivity index (χ1v) is 17.0. The second-order valence-electron chi connectivity index (χ2n) is 12.5. The topological polar surface area (TPSA) is 356 Å². The van der Waals surface area contributed by atoms with Gasteiger partial charge in [-0.05, 0) is 50.2 Å². The van der Waals surface area contributed by atoms with Crippen LogP contribution in [0.2, 0.25) is 0 Å². The maximum atomic E-state index is 11.7. The molecular weight excluding hydrogens is 797 g/mol. The van der Waals surface area contributed by atoms with Gasteiger partial charge in [-0.2, -0.15) is 35.0 Å². The minimum absolute atomic E-state index is 0.0104. The van der Waals surface area contributed by atoms with Crippen molar-refractivity contribution in [3.05, 3.63) is 112 Å². The first-order valence-electron chi connectivity index (χ1n) is 17.0. The van der Waals surface area contributed by atoms with E-state index in [0.717, 1.165) is 33.8 Å². The maximum Gasteiger partial charge on any atom is 0.335 e. The number of aryl methyl sites for hydroxylation is 2. The standard InChI is InChI=1S/C36H24N18O7/c1-16-28(45-47-32-22(11-37)12-43-51(32)23-5-18(14-55)4-19(7-23)34(56)57)30(38)53(49-16)26-10-27(42-15-41-26)54-31(39)29(17(2)50-54)46-48-33-25(40-3)13-44-52(33)24-8-20(35(58)59)6-21(9-24)36(60)61/h4-10,12-15H,38-39H2,1-2H3,(H,56,57)(H,58,59)(H,60,61)/b47-45+,48-46+. The summed E-state index contributed by atoms with van der Waals surface area (Å²) in [4.78, 5) is 58.6. The number of nitrogen functional groups attached to an aromatic ring is 2. The minimum Gasteiger partial charge on any atom is -0.478 e. The molecule has 5 heterocycles. The number of carboxylic acids is 3. The highest BCUT2D eigenvalue weighted by Crippen LogP contribution is 2.36. The van der Waals surface area contributed by atoms with Crippen molar-refractivity contribution in [2.45, 2.75) is 13.8 Å². The summed E-state index contributed by atoms with van der Waals surface area (Å²) in [5, 5.41) is 72.3. The predicted molar refractivity (Wildman–Crippen MR) is 207 cm³/mol. The number of aromatic nitrogens is 10. The largest absolute Gasteiger partial charge is 0.478 e. The molecule has 61 heavy (non-hydrogen) atoms. The Morgan fingerprint density at radius 2 is 1.21 bits per heavy atom. The molecular formula is C36H24N18O7. The molecule has 25 heteroatoms. The number of carbonyl (C=O) groups excluding carboxylic acids is 1. The van der Waals surface area contributed by atoms with Crippen LogP contribution in [-0.2, 0) is 0 Å². The molecule has 0 aliphatic carbocycles. The molecule has 2 aromatic carbocycles. The number of benzene rings is 2. The van der Waals surface area contributed by atoms with Crippen LogP contribution in [0.15, 0.2) is 81.6 Å². The molecule has 0 aliphatic heterocycles. The fourth-order valence-electron chi connectivity index (χ4n) is 5.76. The number of anilines is 2. The Kier molecular flexibility index (Phi) is 10.1. The summed E-state index contributed by atoms with van der Waals surface area (Å²) in [6.07, 6.45) is 4.00. The van der Waals surface area contributed by atoms with Gasteiger partial charge in [-0.3, -0.25) is 4.79 Å². The van der Waals surface area contributed by atoms with Crippen LogP contribution in [0.1, 0.15) is 58.4 Å². The van der Waals surface area contributed by atoms with Gasteiger partial charge in [0, 0.05) is 11.6 Å². The lowest BCUT2D eigenvalue weighted by atomic mass is 10.1. The lowest BCUT2D eigenvalue weighted by Crippen LogP contribution is -2.09. The summed E-state index contributed by atoms with van der Waals surface area (Å²) in [7, 11) is 0. The molecule has 0 unspecified atom stereocenters. The van der Waals surface area contributed by atoms with Gasteiger partial charge in [-0.25, -0.2) is 38.6 Å². The van der Waals surface area contributed by atoms with E-state index in [-0.39, 0.29) is 103 Å². The molecule has 7 rings (SSSR count). The number of hydrogen-bond acceptors (Lipinski definition) is 17. The third-order valence-corrected chi connectivity index (χ3v) is 8.62. The third kappa shape index (κ3) is 7.33. The molecule has 0 spiro atoms. The summed E-state index contributed by atoms with van der Waals surface area (Å²) in [6.45, 7) is 10.8. The average Bonchev–Trinajstić information content (AvgIpc) is 4.01. The van der Waals surface area contributed by atoms with Gasteiger partial charge in [0.15, 0.2) is 46.3 Å². The molecule has 0 fully saturated rings. The van der Waals surface area contributed by atoms with Gasteiger partial charge < -0.3 is 26.8 Å². The van der Waals surface area contributed by atoms with E-state index in [0.29, 0.717) is 6.29 Å². The summed E-state index contributed by atoms with van der Waals surface area (Å²) in [5.74, 6) is -4.15. The van der Waals surface area contributed by atoms with Crippen LogP contribution in [0.25, 0.3) is 27.9 Å². The van der Waals surface area contributed by atoms with Gasteiger partial charge in [-0.1, -0.05) is 0 Å². The van der Waals surface area contributed by atoms with Crippen molar-refractivity contribution in [2.24, 2.45) is 20.5 Å². The van der Waals surface area contributed by atoms with Gasteiger partial charge in [0.25, 0.3) is 5.69 Å². The molecule has 0 radical (unpaired) electrons. The van der Waals surface area contributed by atoms with Crippen molar-refractivity contribution in [3.8, 4) is 29.1 Å². The van der Waals surface area contributed by atoms with Crippen LogP contribution >= 0.6 is 0 Å². The number of carboxylic acid groups (broad SMARTS) is 3. The Balaban J connectivity index is 1.21. The highest BCUT2D eigenvalue weighted by atomic mass is 16.4. The van der Waals surface area contributed by atoms with Crippen molar-refractivity contribution in [1.29, 1.82) is 5.26 Å². The number of nitrogens with zero attached hydrogens (tertiary/aromatic N) is 16.